The average Bonchev–Trinajstić information content (AvgIpc) is 2.86. The summed E-state index contributed by atoms with van der Waals surface area (Å²) < 4.78 is 4.56. The molecular formula is C8H12ClN3O2S. The summed E-state index contributed by atoms with van der Waals surface area (Å²) in [5, 5.41) is 12.3. The molecule has 0 amide bonds. The summed E-state index contributed by atoms with van der Waals surface area (Å²) in [4.78, 5) is 11.1. The summed E-state index contributed by atoms with van der Waals surface area (Å²) in [5.41, 5.74) is 0. The maximum atomic E-state index is 11.1. The molecule has 0 aromatic carbocycles. The van der Waals surface area contributed by atoms with Gasteiger partial charge in [-0.3, -0.25) is 0 Å². The van der Waals surface area contributed by atoms with Crippen molar-refractivity contribution in [3.8, 4) is 0 Å². The van der Waals surface area contributed by atoms with Gasteiger partial charge in [0.2, 0.25) is 5.01 Å². The fraction of sp³-hybridized carbons (Fsp3) is 0.625. The lowest BCUT2D eigenvalue weighted by atomic mass is 10.2. The van der Waals surface area contributed by atoms with Crippen molar-refractivity contribution in [2.75, 3.05) is 13.7 Å². The van der Waals surface area contributed by atoms with E-state index in [0.29, 0.717) is 5.01 Å². The third kappa shape index (κ3) is 2.64. The van der Waals surface area contributed by atoms with Crippen LogP contribution in [0.4, 0.5) is 0 Å². The number of hydrogen-bond donors (Lipinski definition) is 1. The quantitative estimate of drug-likeness (QED) is 0.798. The van der Waals surface area contributed by atoms with Crippen LogP contribution in [0.15, 0.2) is 0 Å². The SMILES string of the molecule is COC(=O)c1nnc(C2CCCN2)s1.Cl. The number of nitrogens with zero attached hydrogens (tertiary/aromatic N) is 2. The Bertz CT molecular complexity index is 338. The van der Waals surface area contributed by atoms with Gasteiger partial charge >= 0.3 is 5.97 Å². The molecule has 0 aliphatic carbocycles. The Balaban J connectivity index is 0.00000112. The van der Waals surface area contributed by atoms with E-state index in [1.165, 1.54) is 18.4 Å². The average molecular weight is 250 g/mol. The van der Waals surface area contributed by atoms with Crippen LogP contribution in [0.5, 0.6) is 0 Å². The highest BCUT2D eigenvalue weighted by molar-refractivity contribution is 7.13. The van der Waals surface area contributed by atoms with Gasteiger partial charge in [-0.05, 0) is 19.4 Å². The molecule has 1 unspecified atom stereocenters. The highest BCUT2D eigenvalue weighted by Gasteiger charge is 2.22. The van der Waals surface area contributed by atoms with E-state index in [0.717, 1.165) is 24.4 Å². The van der Waals surface area contributed by atoms with Crippen LogP contribution < -0.4 is 5.32 Å². The molecule has 1 aliphatic heterocycles. The zero-order valence-electron chi connectivity index (χ0n) is 8.23. The smallest absolute Gasteiger partial charge is 0.369 e. The number of carbonyl (C=O) groups is 1. The molecule has 1 saturated heterocycles. The Morgan fingerprint density at radius 2 is 2.40 bits per heavy atom. The molecule has 1 fully saturated rings. The van der Waals surface area contributed by atoms with Crippen molar-refractivity contribution in [2.24, 2.45) is 0 Å². The van der Waals surface area contributed by atoms with Crippen LogP contribution in [0, 0.1) is 0 Å². The molecule has 1 aromatic heterocycles. The molecule has 1 atom stereocenters. The summed E-state index contributed by atoms with van der Waals surface area (Å²) in [7, 11) is 1.34. The van der Waals surface area contributed by atoms with E-state index in [1.807, 2.05) is 0 Å². The van der Waals surface area contributed by atoms with Crippen molar-refractivity contribution >= 4 is 29.7 Å². The zero-order chi connectivity index (χ0) is 9.97. The van der Waals surface area contributed by atoms with Crippen molar-refractivity contribution in [3.63, 3.8) is 0 Å². The Kier molecular flexibility index (Phi) is 4.44. The highest BCUT2D eigenvalue weighted by Crippen LogP contribution is 2.25. The van der Waals surface area contributed by atoms with Gasteiger partial charge in [0.25, 0.3) is 0 Å². The largest absolute Gasteiger partial charge is 0.464 e. The van der Waals surface area contributed by atoms with Gasteiger partial charge < -0.3 is 10.1 Å². The standard InChI is InChI=1S/C8H11N3O2S.ClH/c1-13-8(12)7-11-10-6(14-7)5-3-2-4-9-5;/h5,9H,2-4H2,1H3;1H. The molecule has 0 radical (unpaired) electrons. The molecule has 1 aromatic rings. The van der Waals surface area contributed by atoms with Crippen LogP contribution in [-0.4, -0.2) is 29.8 Å². The van der Waals surface area contributed by atoms with Crippen molar-refractivity contribution < 1.29 is 9.53 Å². The Hall–Kier alpha value is -0.720. The van der Waals surface area contributed by atoms with Gasteiger partial charge in [-0.25, -0.2) is 4.79 Å². The summed E-state index contributed by atoms with van der Waals surface area (Å²) in [5.74, 6) is -0.410. The Labute approximate surface area is 97.6 Å². The van der Waals surface area contributed by atoms with Gasteiger partial charge in [-0.1, -0.05) is 11.3 Å². The van der Waals surface area contributed by atoms with Crippen LogP contribution in [0.25, 0.3) is 0 Å². The molecule has 84 valence electrons. The van der Waals surface area contributed by atoms with Crippen LogP contribution in [0.3, 0.4) is 0 Å². The van der Waals surface area contributed by atoms with Crippen molar-refractivity contribution in [1.29, 1.82) is 0 Å². The van der Waals surface area contributed by atoms with E-state index in [-0.39, 0.29) is 18.4 Å². The first kappa shape index (κ1) is 12.4. The zero-order valence-corrected chi connectivity index (χ0v) is 9.86. The van der Waals surface area contributed by atoms with Gasteiger partial charge in [0.1, 0.15) is 5.01 Å². The molecule has 0 saturated carbocycles. The lowest BCUT2D eigenvalue weighted by Crippen LogP contribution is -2.12. The topological polar surface area (TPSA) is 64.1 Å². The summed E-state index contributed by atoms with van der Waals surface area (Å²) >= 11 is 1.30. The van der Waals surface area contributed by atoms with Crippen molar-refractivity contribution in [1.82, 2.24) is 15.5 Å². The van der Waals surface area contributed by atoms with E-state index in [9.17, 15) is 4.79 Å². The predicted octanol–water partition coefficient (Wildman–Crippen LogP) is 1.17. The number of esters is 1. The maximum Gasteiger partial charge on any atom is 0.369 e. The first-order valence-corrected chi connectivity index (χ1v) is 5.28. The minimum Gasteiger partial charge on any atom is -0.464 e. The highest BCUT2D eigenvalue weighted by atomic mass is 35.5. The number of methoxy groups -OCH3 is 1. The van der Waals surface area contributed by atoms with E-state index in [2.05, 4.69) is 20.3 Å². The van der Waals surface area contributed by atoms with Gasteiger partial charge in [0.15, 0.2) is 0 Å². The maximum absolute atomic E-state index is 11.1. The number of halogens is 1. The van der Waals surface area contributed by atoms with E-state index >= 15 is 0 Å². The van der Waals surface area contributed by atoms with Gasteiger partial charge in [0, 0.05) is 0 Å². The van der Waals surface area contributed by atoms with Crippen LogP contribution >= 0.6 is 23.7 Å². The molecule has 1 N–H and O–H groups in total. The summed E-state index contributed by atoms with van der Waals surface area (Å²) in [6.45, 7) is 1.01. The number of ether oxygens (including phenoxy) is 1. The minimum absolute atomic E-state index is 0. The fourth-order valence-electron chi connectivity index (χ4n) is 1.44. The van der Waals surface area contributed by atoms with Crippen molar-refractivity contribution in [3.05, 3.63) is 10.0 Å². The summed E-state index contributed by atoms with van der Waals surface area (Å²) in [6.07, 6.45) is 2.22. The number of rotatable bonds is 2. The second-order valence-electron chi connectivity index (χ2n) is 3.09. The lowest BCUT2D eigenvalue weighted by Gasteiger charge is -2.02. The molecule has 7 heteroatoms. The van der Waals surface area contributed by atoms with Gasteiger partial charge in [-0.2, -0.15) is 0 Å². The third-order valence-electron chi connectivity index (χ3n) is 2.16. The first-order chi connectivity index (χ1) is 6.81. The molecule has 0 bridgehead atoms. The van der Waals surface area contributed by atoms with Gasteiger partial charge in [0.05, 0.1) is 13.2 Å². The molecule has 2 rings (SSSR count). The molecule has 15 heavy (non-hydrogen) atoms. The first-order valence-electron chi connectivity index (χ1n) is 4.46. The van der Waals surface area contributed by atoms with E-state index < -0.39 is 5.97 Å². The second-order valence-corrected chi connectivity index (χ2v) is 4.10. The lowest BCUT2D eigenvalue weighted by molar-refractivity contribution is 0.0599. The van der Waals surface area contributed by atoms with Crippen molar-refractivity contribution in [2.45, 2.75) is 18.9 Å². The minimum atomic E-state index is -0.410. The summed E-state index contributed by atoms with van der Waals surface area (Å²) in [6, 6.07) is 0.269. The van der Waals surface area contributed by atoms with Crippen LogP contribution in [-0.2, 0) is 4.74 Å². The van der Waals surface area contributed by atoms with E-state index in [4.69, 9.17) is 0 Å². The fourth-order valence-corrected chi connectivity index (χ4v) is 2.31. The molecule has 5 nitrogen and oxygen atoms in total. The Morgan fingerprint density at radius 1 is 1.60 bits per heavy atom. The normalized spacial score (nSPS) is 19.7. The second kappa shape index (κ2) is 5.39. The number of nitrogens with one attached hydrogen (secondary N) is 1. The monoisotopic (exact) mass is 249 g/mol. The number of carbonyl (C=O) groups excluding carboxylic acids is 1. The Morgan fingerprint density at radius 3 is 3.00 bits per heavy atom. The predicted molar refractivity (Wildman–Crippen MR) is 58.5 cm³/mol. The molecule has 2 heterocycles. The van der Waals surface area contributed by atoms with Gasteiger partial charge in [-0.15, -0.1) is 22.6 Å². The van der Waals surface area contributed by atoms with E-state index in [1.54, 1.807) is 0 Å². The third-order valence-corrected chi connectivity index (χ3v) is 3.18. The molecule has 0 spiro atoms. The number of hydrogen-bond acceptors (Lipinski definition) is 6. The van der Waals surface area contributed by atoms with Crippen LogP contribution in [0.2, 0.25) is 0 Å². The molecular weight excluding hydrogens is 238 g/mol. The van der Waals surface area contributed by atoms with Crippen LogP contribution in [0.1, 0.15) is 33.7 Å². The molecule has 1 aliphatic rings. The number of aromatic nitrogens is 2.